The van der Waals surface area contributed by atoms with Crippen molar-refractivity contribution in [1.29, 1.82) is 0 Å². The fourth-order valence-electron chi connectivity index (χ4n) is 2.36. The van der Waals surface area contributed by atoms with E-state index in [9.17, 15) is 0 Å². The Kier molecular flexibility index (Phi) is 3.93. The van der Waals surface area contributed by atoms with Gasteiger partial charge in [-0.05, 0) is 45.0 Å². The molecule has 2 nitrogen and oxygen atoms in total. The van der Waals surface area contributed by atoms with Crippen molar-refractivity contribution < 1.29 is 0 Å². The molecule has 1 unspecified atom stereocenters. The Bertz CT molecular complexity index is 766. The minimum absolute atomic E-state index is 0.282. The Morgan fingerprint density at radius 2 is 1.48 bits per heavy atom. The van der Waals surface area contributed by atoms with E-state index in [4.69, 9.17) is 4.98 Å². The van der Waals surface area contributed by atoms with Gasteiger partial charge in [-0.1, -0.05) is 29.8 Å². The van der Waals surface area contributed by atoms with E-state index in [0.717, 1.165) is 22.4 Å². The number of thioether (sulfide) groups is 1. The summed E-state index contributed by atoms with van der Waals surface area (Å²) in [6.45, 7) is 6.34. The maximum absolute atomic E-state index is 4.81. The molecule has 1 heterocycles. The van der Waals surface area contributed by atoms with Gasteiger partial charge < -0.3 is 0 Å². The summed E-state index contributed by atoms with van der Waals surface area (Å²) in [6, 6.07) is 16.7. The Hall–Kier alpha value is -1.87. The molecule has 2 aromatic carbocycles. The number of hydrogen-bond donors (Lipinski definition) is 0. The van der Waals surface area contributed by atoms with Crippen LogP contribution in [0.25, 0.3) is 11.0 Å². The first kappa shape index (κ1) is 14.1. The minimum Gasteiger partial charge on any atom is -0.250 e. The van der Waals surface area contributed by atoms with E-state index in [1.54, 1.807) is 0 Å². The van der Waals surface area contributed by atoms with E-state index in [1.807, 2.05) is 43.0 Å². The molecule has 0 amide bonds. The number of benzene rings is 2. The van der Waals surface area contributed by atoms with Gasteiger partial charge in [-0.2, -0.15) is 0 Å². The van der Waals surface area contributed by atoms with Crippen molar-refractivity contribution in [1.82, 2.24) is 9.97 Å². The fraction of sp³-hybridized carbons (Fsp3) is 0.222. The molecule has 0 aliphatic carbocycles. The molecule has 0 bridgehead atoms. The molecular formula is C18H18N2S. The van der Waals surface area contributed by atoms with Gasteiger partial charge in [-0.25, -0.2) is 9.97 Å². The zero-order valence-electron chi connectivity index (χ0n) is 12.5. The highest BCUT2D eigenvalue weighted by Crippen LogP contribution is 2.35. The lowest BCUT2D eigenvalue weighted by atomic mass is 10.2. The highest BCUT2D eigenvalue weighted by atomic mass is 32.2. The van der Waals surface area contributed by atoms with Gasteiger partial charge in [-0.15, -0.1) is 11.8 Å². The maximum atomic E-state index is 4.81. The molecule has 0 radical (unpaired) electrons. The number of aryl methyl sites for hydroxylation is 2. The van der Waals surface area contributed by atoms with E-state index in [1.165, 1.54) is 10.5 Å². The lowest BCUT2D eigenvalue weighted by Crippen LogP contribution is -2.00. The van der Waals surface area contributed by atoms with E-state index in [2.05, 4.69) is 43.1 Å². The molecular weight excluding hydrogens is 276 g/mol. The summed E-state index contributed by atoms with van der Waals surface area (Å²) in [5.74, 6) is 0. The first-order valence-corrected chi connectivity index (χ1v) is 7.98. The Morgan fingerprint density at radius 1 is 0.857 bits per heavy atom. The van der Waals surface area contributed by atoms with Gasteiger partial charge in [0.2, 0.25) is 0 Å². The van der Waals surface area contributed by atoms with Gasteiger partial charge in [0, 0.05) is 4.90 Å². The molecule has 0 fully saturated rings. The lowest BCUT2D eigenvalue weighted by molar-refractivity contribution is 0.966. The SMILES string of the molecule is Cc1ccc(SC(C)c2nc3ccccc3nc2C)cc1. The van der Waals surface area contributed by atoms with Gasteiger partial charge >= 0.3 is 0 Å². The zero-order valence-corrected chi connectivity index (χ0v) is 13.3. The van der Waals surface area contributed by atoms with Gasteiger partial charge in [0.25, 0.3) is 0 Å². The summed E-state index contributed by atoms with van der Waals surface area (Å²) in [6.07, 6.45) is 0. The van der Waals surface area contributed by atoms with Gasteiger partial charge in [0.05, 0.1) is 27.7 Å². The summed E-state index contributed by atoms with van der Waals surface area (Å²) in [4.78, 5) is 10.7. The predicted octanol–water partition coefficient (Wildman–Crippen LogP) is 5.10. The Balaban J connectivity index is 1.91. The molecule has 106 valence electrons. The summed E-state index contributed by atoms with van der Waals surface area (Å²) in [5.41, 5.74) is 5.30. The van der Waals surface area contributed by atoms with Crippen LogP contribution in [0.3, 0.4) is 0 Å². The third kappa shape index (κ3) is 3.08. The highest BCUT2D eigenvalue weighted by Gasteiger charge is 2.14. The van der Waals surface area contributed by atoms with Gasteiger partial charge in [0.1, 0.15) is 0 Å². The molecule has 3 rings (SSSR count). The number of rotatable bonds is 3. The second kappa shape index (κ2) is 5.86. The van der Waals surface area contributed by atoms with E-state index < -0.39 is 0 Å². The van der Waals surface area contributed by atoms with Crippen molar-refractivity contribution in [3.05, 3.63) is 65.5 Å². The Morgan fingerprint density at radius 3 is 2.14 bits per heavy atom. The average Bonchev–Trinajstić information content (AvgIpc) is 2.49. The molecule has 0 saturated carbocycles. The molecule has 0 N–H and O–H groups in total. The second-order valence-corrected chi connectivity index (χ2v) is 6.67. The number of para-hydroxylation sites is 2. The van der Waals surface area contributed by atoms with Crippen LogP contribution in [0.4, 0.5) is 0 Å². The molecule has 1 atom stereocenters. The monoisotopic (exact) mass is 294 g/mol. The summed E-state index contributed by atoms with van der Waals surface area (Å²) >= 11 is 1.83. The van der Waals surface area contributed by atoms with Crippen molar-refractivity contribution in [2.45, 2.75) is 30.9 Å². The number of aromatic nitrogens is 2. The van der Waals surface area contributed by atoms with Crippen LogP contribution in [0, 0.1) is 13.8 Å². The van der Waals surface area contributed by atoms with Crippen LogP contribution in [0.1, 0.15) is 29.1 Å². The largest absolute Gasteiger partial charge is 0.250 e. The quantitative estimate of drug-likeness (QED) is 0.628. The topological polar surface area (TPSA) is 25.8 Å². The van der Waals surface area contributed by atoms with Crippen LogP contribution in [0.15, 0.2) is 53.4 Å². The molecule has 1 aromatic heterocycles. The third-order valence-electron chi connectivity index (χ3n) is 3.50. The van der Waals surface area contributed by atoms with Crippen molar-refractivity contribution in [2.75, 3.05) is 0 Å². The summed E-state index contributed by atoms with van der Waals surface area (Å²) < 4.78 is 0. The van der Waals surface area contributed by atoms with Gasteiger partial charge in [0.15, 0.2) is 0 Å². The molecule has 0 spiro atoms. The zero-order chi connectivity index (χ0) is 14.8. The van der Waals surface area contributed by atoms with Crippen LogP contribution >= 0.6 is 11.8 Å². The molecule has 21 heavy (non-hydrogen) atoms. The van der Waals surface area contributed by atoms with Crippen molar-refractivity contribution in [3.63, 3.8) is 0 Å². The molecule has 3 aromatic rings. The standard InChI is InChI=1S/C18H18N2S/c1-12-8-10-15(11-9-12)21-14(3)18-13(2)19-16-6-4-5-7-17(16)20-18/h4-11,14H,1-3H3. The first-order chi connectivity index (χ1) is 10.1. The van der Waals surface area contributed by atoms with Crippen molar-refractivity contribution in [3.8, 4) is 0 Å². The van der Waals surface area contributed by atoms with Crippen LogP contribution in [0.2, 0.25) is 0 Å². The second-order valence-electron chi connectivity index (χ2n) is 5.26. The first-order valence-electron chi connectivity index (χ1n) is 7.10. The lowest BCUT2D eigenvalue weighted by Gasteiger charge is -2.14. The van der Waals surface area contributed by atoms with E-state index in [0.29, 0.717) is 0 Å². The van der Waals surface area contributed by atoms with E-state index >= 15 is 0 Å². The summed E-state index contributed by atoms with van der Waals surface area (Å²) in [7, 11) is 0. The predicted molar refractivity (Wildman–Crippen MR) is 89.7 cm³/mol. The number of nitrogens with zero attached hydrogens (tertiary/aromatic N) is 2. The minimum atomic E-state index is 0.282. The Labute approximate surface area is 129 Å². The molecule has 0 aliphatic rings. The number of hydrogen-bond acceptors (Lipinski definition) is 3. The van der Waals surface area contributed by atoms with Crippen LogP contribution in [0.5, 0.6) is 0 Å². The molecule has 0 saturated heterocycles. The van der Waals surface area contributed by atoms with Crippen molar-refractivity contribution in [2.24, 2.45) is 0 Å². The normalized spacial score (nSPS) is 12.5. The van der Waals surface area contributed by atoms with Crippen LogP contribution < -0.4 is 0 Å². The number of fused-ring (bicyclic) bond motifs is 1. The summed E-state index contributed by atoms with van der Waals surface area (Å²) in [5, 5.41) is 0.282. The van der Waals surface area contributed by atoms with Gasteiger partial charge in [-0.3, -0.25) is 0 Å². The average molecular weight is 294 g/mol. The maximum Gasteiger partial charge on any atom is 0.0890 e. The third-order valence-corrected chi connectivity index (χ3v) is 4.62. The molecule has 3 heteroatoms. The smallest absolute Gasteiger partial charge is 0.0890 e. The van der Waals surface area contributed by atoms with E-state index in [-0.39, 0.29) is 5.25 Å². The fourth-order valence-corrected chi connectivity index (χ4v) is 3.40. The van der Waals surface area contributed by atoms with Crippen LogP contribution in [-0.4, -0.2) is 9.97 Å². The van der Waals surface area contributed by atoms with Crippen molar-refractivity contribution >= 4 is 22.8 Å². The molecule has 0 aliphatic heterocycles. The van der Waals surface area contributed by atoms with Crippen LogP contribution in [-0.2, 0) is 0 Å². The highest BCUT2D eigenvalue weighted by molar-refractivity contribution is 7.99.